The van der Waals surface area contributed by atoms with Gasteiger partial charge in [-0.1, -0.05) is 52.5 Å². The van der Waals surface area contributed by atoms with E-state index >= 15 is 0 Å². The molecule has 0 aromatic heterocycles. The molecule has 0 radical (unpaired) electrons. The number of rotatable bonds is 12. The lowest BCUT2D eigenvalue weighted by molar-refractivity contribution is -0.143. The molecule has 1 fully saturated rings. The van der Waals surface area contributed by atoms with Crippen LogP contribution in [0, 0.1) is 10.8 Å². The minimum absolute atomic E-state index is 0.351. The molecule has 3 heteroatoms. The second-order valence-corrected chi connectivity index (χ2v) is 9.72. The third-order valence-corrected chi connectivity index (χ3v) is 5.97. The smallest absolute Gasteiger partial charge is 0.309 e. The molecule has 0 saturated heterocycles. The molecule has 1 aromatic carbocycles. The number of phenolic OH excluding ortho intramolecular Hbond substituents is 1. The summed E-state index contributed by atoms with van der Waals surface area (Å²) in [5.74, 6) is -0.256. The average molecular weight is 375 g/mol. The largest absolute Gasteiger partial charge is 0.508 e. The van der Waals surface area contributed by atoms with Gasteiger partial charge in [0.25, 0.3) is 0 Å². The maximum Gasteiger partial charge on any atom is 0.309 e. The number of hydrogen-bond acceptors (Lipinski definition) is 2. The number of carboxylic acid groups (broad SMARTS) is 1. The standard InChI is InChI=1S/C24H38O3/c1-23(2,3)14-8-4-6-10-19-12-13-21(25)18-20(19)11-7-5-9-15-24(16-17-24)22(26)27/h12-13,18,25H,4-11,14-17H2,1-3H3,(H,26,27). The zero-order valence-corrected chi connectivity index (χ0v) is 17.5. The molecule has 1 saturated carbocycles. The molecule has 0 aliphatic heterocycles. The molecule has 3 nitrogen and oxygen atoms in total. The molecule has 27 heavy (non-hydrogen) atoms. The van der Waals surface area contributed by atoms with Crippen molar-refractivity contribution in [2.24, 2.45) is 10.8 Å². The molecule has 1 aliphatic rings. The Morgan fingerprint density at radius 3 is 2.19 bits per heavy atom. The molecular weight excluding hydrogens is 336 g/mol. The Labute approximate surface area is 165 Å². The van der Waals surface area contributed by atoms with Gasteiger partial charge in [0.1, 0.15) is 5.75 Å². The Hall–Kier alpha value is -1.51. The lowest BCUT2D eigenvalue weighted by Crippen LogP contribution is -2.14. The topological polar surface area (TPSA) is 57.5 Å². The maximum absolute atomic E-state index is 11.2. The van der Waals surface area contributed by atoms with Crippen molar-refractivity contribution in [1.82, 2.24) is 0 Å². The van der Waals surface area contributed by atoms with Crippen LogP contribution in [-0.2, 0) is 17.6 Å². The molecule has 0 atom stereocenters. The Morgan fingerprint density at radius 2 is 1.59 bits per heavy atom. The van der Waals surface area contributed by atoms with E-state index in [9.17, 15) is 15.0 Å². The molecule has 0 amide bonds. The van der Waals surface area contributed by atoms with E-state index in [1.54, 1.807) is 6.07 Å². The summed E-state index contributed by atoms with van der Waals surface area (Å²) in [5, 5.41) is 19.1. The fourth-order valence-electron chi connectivity index (χ4n) is 3.91. The van der Waals surface area contributed by atoms with Gasteiger partial charge >= 0.3 is 5.97 Å². The van der Waals surface area contributed by atoms with Crippen LogP contribution in [0.3, 0.4) is 0 Å². The molecule has 1 aromatic rings. The molecule has 0 bridgehead atoms. The van der Waals surface area contributed by atoms with Crippen molar-refractivity contribution in [3.05, 3.63) is 29.3 Å². The first-order chi connectivity index (χ1) is 12.7. The van der Waals surface area contributed by atoms with Crippen LogP contribution in [0.2, 0.25) is 0 Å². The van der Waals surface area contributed by atoms with Gasteiger partial charge in [0.15, 0.2) is 0 Å². The summed E-state index contributed by atoms with van der Waals surface area (Å²) in [6.45, 7) is 6.89. The molecule has 0 spiro atoms. The van der Waals surface area contributed by atoms with Crippen LogP contribution in [0.15, 0.2) is 18.2 Å². The summed E-state index contributed by atoms with van der Waals surface area (Å²) >= 11 is 0. The van der Waals surface area contributed by atoms with E-state index in [0.29, 0.717) is 11.2 Å². The summed E-state index contributed by atoms with van der Waals surface area (Å²) in [6.07, 6.45) is 12.7. The Kier molecular flexibility index (Phi) is 7.76. The minimum Gasteiger partial charge on any atom is -0.508 e. The van der Waals surface area contributed by atoms with Crippen LogP contribution < -0.4 is 0 Å². The van der Waals surface area contributed by atoms with Crippen LogP contribution in [0.4, 0.5) is 0 Å². The number of benzene rings is 1. The van der Waals surface area contributed by atoms with Crippen LogP contribution in [-0.4, -0.2) is 16.2 Å². The van der Waals surface area contributed by atoms with Gasteiger partial charge in [-0.05, 0) is 80.0 Å². The molecule has 152 valence electrons. The molecule has 0 heterocycles. The fraction of sp³-hybridized carbons (Fsp3) is 0.708. The average Bonchev–Trinajstić information content (AvgIpc) is 3.36. The van der Waals surface area contributed by atoms with Crippen LogP contribution >= 0.6 is 0 Å². The lowest BCUT2D eigenvalue weighted by atomic mass is 9.89. The molecule has 2 rings (SSSR count). The summed E-state index contributed by atoms with van der Waals surface area (Å²) in [4.78, 5) is 11.2. The first-order valence-corrected chi connectivity index (χ1v) is 10.8. The Balaban J connectivity index is 1.72. The van der Waals surface area contributed by atoms with Gasteiger partial charge in [0.2, 0.25) is 0 Å². The zero-order chi connectivity index (χ0) is 19.9. The number of phenols is 1. The van der Waals surface area contributed by atoms with Crippen molar-refractivity contribution in [1.29, 1.82) is 0 Å². The highest BCUT2D eigenvalue weighted by Gasteiger charge is 2.49. The predicted molar refractivity (Wildman–Crippen MR) is 111 cm³/mol. The van der Waals surface area contributed by atoms with E-state index in [-0.39, 0.29) is 5.41 Å². The first-order valence-electron chi connectivity index (χ1n) is 10.8. The van der Waals surface area contributed by atoms with E-state index < -0.39 is 5.97 Å². The maximum atomic E-state index is 11.2. The Morgan fingerprint density at radius 1 is 0.963 bits per heavy atom. The first kappa shape index (κ1) is 21.8. The highest BCUT2D eigenvalue weighted by atomic mass is 16.4. The lowest BCUT2D eigenvalue weighted by Gasteiger charge is -2.17. The molecule has 1 aliphatic carbocycles. The van der Waals surface area contributed by atoms with Crippen molar-refractivity contribution in [3.8, 4) is 5.75 Å². The van der Waals surface area contributed by atoms with Gasteiger partial charge in [-0.3, -0.25) is 4.79 Å². The van der Waals surface area contributed by atoms with E-state index in [0.717, 1.165) is 51.4 Å². The van der Waals surface area contributed by atoms with Crippen molar-refractivity contribution in [2.45, 2.75) is 97.8 Å². The van der Waals surface area contributed by atoms with Crippen molar-refractivity contribution in [3.63, 3.8) is 0 Å². The van der Waals surface area contributed by atoms with E-state index in [4.69, 9.17) is 0 Å². The Bertz CT molecular complexity index is 609. The molecule has 2 N–H and O–H groups in total. The third kappa shape index (κ3) is 7.56. The fourth-order valence-corrected chi connectivity index (χ4v) is 3.91. The summed E-state index contributed by atoms with van der Waals surface area (Å²) in [6, 6.07) is 5.81. The molecule has 0 unspecified atom stereocenters. The number of hydrogen-bond donors (Lipinski definition) is 2. The van der Waals surface area contributed by atoms with Gasteiger partial charge < -0.3 is 10.2 Å². The summed E-state index contributed by atoms with van der Waals surface area (Å²) in [5.41, 5.74) is 2.67. The number of unbranched alkanes of at least 4 members (excludes halogenated alkanes) is 4. The van der Waals surface area contributed by atoms with Crippen molar-refractivity contribution in [2.75, 3.05) is 0 Å². The predicted octanol–water partition coefficient (Wildman–Crippen LogP) is 6.51. The number of aromatic hydroxyl groups is 1. The van der Waals surface area contributed by atoms with Crippen LogP contribution in [0.5, 0.6) is 5.75 Å². The van der Waals surface area contributed by atoms with E-state index in [1.807, 2.05) is 6.07 Å². The van der Waals surface area contributed by atoms with Gasteiger partial charge in [0.05, 0.1) is 5.41 Å². The van der Waals surface area contributed by atoms with Gasteiger partial charge in [-0.15, -0.1) is 0 Å². The van der Waals surface area contributed by atoms with Crippen LogP contribution in [0.25, 0.3) is 0 Å². The number of aliphatic carboxylic acids is 1. The monoisotopic (exact) mass is 374 g/mol. The SMILES string of the molecule is CC(C)(C)CCCCCc1ccc(O)cc1CCCCCC1(C(=O)O)CC1. The normalized spacial score (nSPS) is 15.7. The van der Waals surface area contributed by atoms with E-state index in [1.165, 1.54) is 36.8 Å². The number of carbonyl (C=O) groups is 1. The highest BCUT2D eigenvalue weighted by molar-refractivity contribution is 5.77. The van der Waals surface area contributed by atoms with Gasteiger partial charge in [-0.25, -0.2) is 0 Å². The number of aryl methyl sites for hydroxylation is 2. The van der Waals surface area contributed by atoms with E-state index in [2.05, 4.69) is 26.8 Å². The summed E-state index contributed by atoms with van der Waals surface area (Å²) < 4.78 is 0. The van der Waals surface area contributed by atoms with Gasteiger partial charge in [-0.2, -0.15) is 0 Å². The highest BCUT2D eigenvalue weighted by Crippen LogP contribution is 2.50. The second-order valence-electron chi connectivity index (χ2n) is 9.72. The van der Waals surface area contributed by atoms with Gasteiger partial charge in [0, 0.05) is 0 Å². The van der Waals surface area contributed by atoms with Crippen LogP contribution in [0.1, 0.15) is 96.1 Å². The molecular formula is C24H38O3. The third-order valence-electron chi connectivity index (χ3n) is 5.97. The second kappa shape index (κ2) is 9.61. The quantitative estimate of drug-likeness (QED) is 0.410. The van der Waals surface area contributed by atoms with Crippen molar-refractivity contribution < 1.29 is 15.0 Å². The minimum atomic E-state index is -0.607. The zero-order valence-electron chi connectivity index (χ0n) is 17.5. The number of carboxylic acids is 1. The summed E-state index contributed by atoms with van der Waals surface area (Å²) in [7, 11) is 0. The van der Waals surface area contributed by atoms with Crippen molar-refractivity contribution >= 4 is 5.97 Å².